The molecule has 0 unspecified atom stereocenters. The molecule has 114 valence electrons. The van der Waals surface area contributed by atoms with Gasteiger partial charge in [-0.05, 0) is 52.7 Å². The Hall–Kier alpha value is -0.300. The zero-order valence-electron chi connectivity index (χ0n) is 13.8. The molecule has 0 bridgehead atoms. The van der Waals surface area contributed by atoms with Gasteiger partial charge in [0.05, 0.1) is 0 Å². The van der Waals surface area contributed by atoms with E-state index in [1.807, 2.05) is 0 Å². The smallest absolute Gasteiger partial charge is 0.00248 e. The highest BCUT2D eigenvalue weighted by Crippen LogP contribution is 2.08. The Kier molecular flexibility index (Phi) is 15.5. The predicted molar refractivity (Wildman–Crippen MR) is 88.8 cm³/mol. The summed E-state index contributed by atoms with van der Waals surface area (Å²) < 4.78 is 0. The highest BCUT2D eigenvalue weighted by atomic mass is 15.0. The largest absolute Gasteiger partial charge is 0.309 e. The number of nitrogens with zero attached hydrogens (tertiary/aromatic N) is 1. The van der Waals surface area contributed by atoms with Crippen molar-refractivity contribution in [2.45, 2.75) is 84.0 Å². The third-order valence-electron chi connectivity index (χ3n) is 3.62. The molecule has 1 nitrogen and oxygen atoms in total. The Morgan fingerprint density at radius 2 is 1.11 bits per heavy atom. The lowest BCUT2D eigenvalue weighted by atomic mass is 10.1. The van der Waals surface area contributed by atoms with E-state index in [-0.39, 0.29) is 0 Å². The van der Waals surface area contributed by atoms with Crippen LogP contribution in [-0.4, -0.2) is 25.5 Å². The molecule has 1 heteroatoms. The molecule has 0 saturated heterocycles. The van der Waals surface area contributed by atoms with Crippen LogP contribution in [0.25, 0.3) is 0 Å². The van der Waals surface area contributed by atoms with E-state index in [9.17, 15) is 0 Å². The van der Waals surface area contributed by atoms with Gasteiger partial charge in [-0.2, -0.15) is 0 Å². The Balaban J connectivity index is 3.03. The van der Waals surface area contributed by atoms with Gasteiger partial charge in [-0.3, -0.25) is 0 Å². The number of hydrogen-bond acceptors (Lipinski definition) is 1. The third kappa shape index (κ3) is 17.7. The van der Waals surface area contributed by atoms with Gasteiger partial charge in [0.25, 0.3) is 0 Å². The van der Waals surface area contributed by atoms with Gasteiger partial charge in [-0.15, -0.1) is 0 Å². The first-order chi connectivity index (χ1) is 9.27. The van der Waals surface area contributed by atoms with Gasteiger partial charge in [0.15, 0.2) is 0 Å². The molecule has 0 aromatic carbocycles. The van der Waals surface area contributed by atoms with Crippen LogP contribution in [0.5, 0.6) is 0 Å². The summed E-state index contributed by atoms with van der Waals surface area (Å²) in [4.78, 5) is 2.28. The normalized spacial score (nSPS) is 11.8. The maximum atomic E-state index is 2.40. The SMILES string of the molecule is CCCCCCC=CCCCCCCCCN(C)C. The van der Waals surface area contributed by atoms with E-state index in [0.29, 0.717) is 0 Å². The summed E-state index contributed by atoms with van der Waals surface area (Å²) >= 11 is 0. The second kappa shape index (κ2) is 15.8. The zero-order valence-corrected chi connectivity index (χ0v) is 13.8. The molecule has 0 aromatic heterocycles. The highest BCUT2D eigenvalue weighted by molar-refractivity contribution is 4.81. The topological polar surface area (TPSA) is 3.24 Å². The summed E-state index contributed by atoms with van der Waals surface area (Å²) in [6.45, 7) is 3.52. The van der Waals surface area contributed by atoms with Crippen molar-refractivity contribution < 1.29 is 0 Å². The van der Waals surface area contributed by atoms with Crippen LogP contribution in [0.4, 0.5) is 0 Å². The van der Waals surface area contributed by atoms with E-state index in [2.05, 4.69) is 38.1 Å². The van der Waals surface area contributed by atoms with Gasteiger partial charge in [0.1, 0.15) is 0 Å². The van der Waals surface area contributed by atoms with E-state index >= 15 is 0 Å². The molecule has 0 N–H and O–H groups in total. The van der Waals surface area contributed by atoms with Crippen molar-refractivity contribution in [3.63, 3.8) is 0 Å². The zero-order chi connectivity index (χ0) is 14.2. The summed E-state index contributed by atoms with van der Waals surface area (Å²) in [5.41, 5.74) is 0. The maximum Gasteiger partial charge on any atom is -0.00248 e. The first-order valence-corrected chi connectivity index (χ1v) is 8.57. The van der Waals surface area contributed by atoms with E-state index in [1.54, 1.807) is 0 Å². The molecule has 0 aliphatic rings. The molecule has 0 saturated carbocycles. The minimum atomic E-state index is 1.25. The van der Waals surface area contributed by atoms with Crippen molar-refractivity contribution >= 4 is 0 Å². The van der Waals surface area contributed by atoms with Gasteiger partial charge in [-0.1, -0.05) is 64.0 Å². The van der Waals surface area contributed by atoms with Crippen LogP contribution in [0.2, 0.25) is 0 Å². The molecule has 0 radical (unpaired) electrons. The van der Waals surface area contributed by atoms with Gasteiger partial charge in [-0.25, -0.2) is 0 Å². The Morgan fingerprint density at radius 1 is 0.632 bits per heavy atom. The number of unbranched alkanes of at least 4 members (excludes halogenated alkanes) is 10. The summed E-state index contributed by atoms with van der Waals surface area (Å²) in [6.07, 6.45) is 21.4. The molecule has 0 aliphatic carbocycles. The van der Waals surface area contributed by atoms with Gasteiger partial charge >= 0.3 is 0 Å². The van der Waals surface area contributed by atoms with Crippen molar-refractivity contribution in [2.75, 3.05) is 20.6 Å². The fraction of sp³-hybridized carbons (Fsp3) is 0.889. The van der Waals surface area contributed by atoms with E-state index < -0.39 is 0 Å². The second-order valence-corrected chi connectivity index (χ2v) is 6.03. The molecule has 0 amide bonds. The summed E-state index contributed by atoms with van der Waals surface area (Å²) in [6, 6.07) is 0. The van der Waals surface area contributed by atoms with Crippen molar-refractivity contribution in [3.05, 3.63) is 12.2 Å². The lowest BCUT2D eigenvalue weighted by Crippen LogP contribution is -2.12. The van der Waals surface area contributed by atoms with Gasteiger partial charge < -0.3 is 4.90 Å². The Labute approximate surface area is 122 Å². The Morgan fingerprint density at radius 3 is 1.63 bits per heavy atom. The summed E-state index contributed by atoms with van der Waals surface area (Å²) in [5, 5.41) is 0. The van der Waals surface area contributed by atoms with Crippen LogP contribution in [0, 0.1) is 0 Å². The predicted octanol–water partition coefficient (Wildman–Crippen LogP) is 5.81. The minimum Gasteiger partial charge on any atom is -0.309 e. The lowest BCUT2D eigenvalue weighted by molar-refractivity contribution is 0.389. The maximum absolute atomic E-state index is 2.40. The highest BCUT2D eigenvalue weighted by Gasteiger charge is 1.92. The van der Waals surface area contributed by atoms with Crippen LogP contribution in [0.15, 0.2) is 12.2 Å². The van der Waals surface area contributed by atoms with Crippen molar-refractivity contribution in [2.24, 2.45) is 0 Å². The molecule has 0 atom stereocenters. The molecule has 0 heterocycles. The van der Waals surface area contributed by atoms with Gasteiger partial charge in [0, 0.05) is 0 Å². The molecule has 0 spiro atoms. The van der Waals surface area contributed by atoms with Gasteiger partial charge in [0.2, 0.25) is 0 Å². The van der Waals surface area contributed by atoms with Crippen molar-refractivity contribution in [3.8, 4) is 0 Å². The van der Waals surface area contributed by atoms with Crippen molar-refractivity contribution in [1.29, 1.82) is 0 Å². The molecule has 0 rings (SSSR count). The lowest BCUT2D eigenvalue weighted by Gasteiger charge is -2.08. The quantitative estimate of drug-likeness (QED) is 0.284. The first-order valence-electron chi connectivity index (χ1n) is 8.57. The van der Waals surface area contributed by atoms with E-state index in [0.717, 1.165) is 0 Å². The summed E-state index contributed by atoms with van der Waals surface area (Å²) in [7, 11) is 4.32. The molecule has 0 fully saturated rings. The van der Waals surface area contributed by atoms with Crippen LogP contribution < -0.4 is 0 Å². The fourth-order valence-corrected chi connectivity index (χ4v) is 2.32. The third-order valence-corrected chi connectivity index (χ3v) is 3.62. The van der Waals surface area contributed by atoms with Crippen molar-refractivity contribution in [1.82, 2.24) is 4.90 Å². The Bertz CT molecular complexity index is 184. The molecule has 0 aromatic rings. The minimum absolute atomic E-state index is 1.25. The van der Waals surface area contributed by atoms with E-state index in [4.69, 9.17) is 0 Å². The monoisotopic (exact) mass is 267 g/mol. The summed E-state index contributed by atoms with van der Waals surface area (Å²) in [5.74, 6) is 0. The fourth-order valence-electron chi connectivity index (χ4n) is 2.32. The number of allylic oxidation sites excluding steroid dienone is 2. The molecular formula is C18H37N. The average Bonchev–Trinajstić information content (AvgIpc) is 2.39. The van der Waals surface area contributed by atoms with E-state index in [1.165, 1.54) is 83.6 Å². The molecular weight excluding hydrogens is 230 g/mol. The molecule has 19 heavy (non-hydrogen) atoms. The first kappa shape index (κ1) is 18.7. The number of rotatable bonds is 14. The average molecular weight is 268 g/mol. The van der Waals surface area contributed by atoms with Crippen LogP contribution >= 0.6 is 0 Å². The van der Waals surface area contributed by atoms with Crippen LogP contribution in [0.1, 0.15) is 84.0 Å². The molecule has 0 aliphatic heterocycles. The van der Waals surface area contributed by atoms with Crippen LogP contribution in [-0.2, 0) is 0 Å². The number of hydrogen-bond donors (Lipinski definition) is 0. The standard InChI is InChI=1S/C18H37N/c1-4-5-6-7-8-9-10-11-12-13-14-15-16-17-18-19(2)3/h9-10H,4-8,11-18H2,1-3H3. The van der Waals surface area contributed by atoms with Crippen LogP contribution in [0.3, 0.4) is 0 Å². The second-order valence-electron chi connectivity index (χ2n) is 6.03.